The minimum atomic E-state index is -4.77. The molecule has 0 heterocycles. The van der Waals surface area contributed by atoms with E-state index in [-0.39, 0.29) is 16.3 Å². The van der Waals surface area contributed by atoms with Gasteiger partial charge in [0.25, 0.3) is 0 Å². The number of sulfonamides is 1. The van der Waals surface area contributed by atoms with Crippen LogP contribution in [0, 0.1) is 0 Å². The van der Waals surface area contributed by atoms with Gasteiger partial charge in [0.15, 0.2) is 0 Å². The van der Waals surface area contributed by atoms with Crippen LogP contribution in [0.1, 0.15) is 5.56 Å². The number of amides is 1. The Morgan fingerprint density at radius 1 is 1.11 bits per heavy atom. The van der Waals surface area contributed by atoms with Gasteiger partial charge in [0.2, 0.25) is 15.9 Å². The number of carbonyl (C=O) groups is 1. The third-order valence-electron chi connectivity index (χ3n) is 3.42. The monoisotopic (exact) mass is 414 g/mol. The Hall–Kier alpha value is -2.85. The SMILES string of the molecule is CN(C)S(=O)(=O)c1cccc(NC(=O)/C=C/c2ccc(OC(F)(F)F)cc2)c1. The molecule has 0 saturated heterocycles. The molecular weight excluding hydrogens is 397 g/mol. The number of anilines is 1. The van der Waals surface area contributed by atoms with Gasteiger partial charge >= 0.3 is 6.36 Å². The second kappa shape index (κ2) is 8.44. The lowest BCUT2D eigenvalue weighted by Gasteiger charge is -2.12. The van der Waals surface area contributed by atoms with E-state index >= 15 is 0 Å². The molecule has 0 aliphatic rings. The molecule has 10 heteroatoms. The summed E-state index contributed by atoms with van der Waals surface area (Å²) in [4.78, 5) is 12.0. The van der Waals surface area contributed by atoms with Crippen LogP contribution in [0.25, 0.3) is 6.08 Å². The molecule has 2 aromatic carbocycles. The zero-order valence-electron chi connectivity index (χ0n) is 14.9. The fraction of sp³-hybridized carbons (Fsp3) is 0.167. The highest BCUT2D eigenvalue weighted by molar-refractivity contribution is 7.89. The molecule has 0 radical (unpaired) electrons. The highest BCUT2D eigenvalue weighted by atomic mass is 32.2. The van der Waals surface area contributed by atoms with Crippen LogP contribution in [0.3, 0.4) is 0 Å². The summed E-state index contributed by atoms with van der Waals surface area (Å²) in [5.41, 5.74) is 0.764. The standard InChI is InChI=1S/C18H17F3N2O4S/c1-23(2)28(25,26)16-5-3-4-14(12-16)22-17(24)11-8-13-6-9-15(10-7-13)27-18(19,20)21/h3-12H,1-2H3,(H,22,24)/b11-8+. The number of hydrogen-bond donors (Lipinski definition) is 1. The smallest absolute Gasteiger partial charge is 0.406 e. The third kappa shape index (κ3) is 6.10. The third-order valence-corrected chi connectivity index (χ3v) is 5.23. The molecule has 0 fully saturated rings. The zero-order valence-corrected chi connectivity index (χ0v) is 15.7. The van der Waals surface area contributed by atoms with Crippen LogP contribution in [0.15, 0.2) is 59.5 Å². The normalized spacial score (nSPS) is 12.4. The first-order valence-electron chi connectivity index (χ1n) is 7.85. The molecule has 1 amide bonds. The largest absolute Gasteiger partial charge is 0.573 e. The first-order chi connectivity index (χ1) is 13.0. The first kappa shape index (κ1) is 21.5. The predicted octanol–water partition coefficient (Wildman–Crippen LogP) is 3.49. The summed E-state index contributed by atoms with van der Waals surface area (Å²) in [7, 11) is -0.841. The van der Waals surface area contributed by atoms with E-state index in [1.807, 2.05) is 0 Å². The van der Waals surface area contributed by atoms with Crippen LogP contribution in [0.4, 0.5) is 18.9 Å². The van der Waals surface area contributed by atoms with Crippen molar-refractivity contribution < 1.29 is 31.1 Å². The fourth-order valence-electron chi connectivity index (χ4n) is 2.08. The van der Waals surface area contributed by atoms with Crippen molar-refractivity contribution in [2.75, 3.05) is 19.4 Å². The molecule has 0 saturated carbocycles. The molecule has 1 N–H and O–H groups in total. The maximum absolute atomic E-state index is 12.1. The van der Waals surface area contributed by atoms with Crippen LogP contribution < -0.4 is 10.1 Å². The van der Waals surface area contributed by atoms with Crippen LogP contribution in [0.5, 0.6) is 5.75 Å². The van der Waals surface area contributed by atoms with Gasteiger partial charge in [-0.2, -0.15) is 0 Å². The van der Waals surface area contributed by atoms with Gasteiger partial charge in [-0.1, -0.05) is 18.2 Å². The Morgan fingerprint density at radius 2 is 1.75 bits per heavy atom. The van der Waals surface area contributed by atoms with E-state index in [4.69, 9.17) is 0 Å². The Kier molecular flexibility index (Phi) is 6.47. The summed E-state index contributed by atoms with van der Waals surface area (Å²) >= 11 is 0. The van der Waals surface area contributed by atoms with Gasteiger partial charge in [-0.3, -0.25) is 4.79 Å². The number of nitrogens with zero attached hydrogens (tertiary/aromatic N) is 1. The molecular formula is C18H17F3N2O4S. The Balaban J connectivity index is 2.04. The van der Waals surface area contributed by atoms with Gasteiger partial charge in [-0.25, -0.2) is 12.7 Å². The molecule has 0 aromatic heterocycles. The zero-order chi connectivity index (χ0) is 20.9. The van der Waals surface area contributed by atoms with Crippen LogP contribution in [0.2, 0.25) is 0 Å². The molecule has 0 unspecified atom stereocenters. The molecule has 150 valence electrons. The van der Waals surface area contributed by atoms with Crippen molar-refractivity contribution in [2.24, 2.45) is 0 Å². The van der Waals surface area contributed by atoms with Gasteiger partial charge in [0.05, 0.1) is 4.90 Å². The van der Waals surface area contributed by atoms with E-state index in [1.54, 1.807) is 0 Å². The number of alkyl halides is 3. The van der Waals surface area contributed by atoms with E-state index in [2.05, 4.69) is 10.1 Å². The minimum Gasteiger partial charge on any atom is -0.406 e. The van der Waals surface area contributed by atoms with Gasteiger partial charge < -0.3 is 10.1 Å². The second-order valence-electron chi connectivity index (χ2n) is 5.75. The average molecular weight is 414 g/mol. The van der Waals surface area contributed by atoms with Crippen molar-refractivity contribution in [1.82, 2.24) is 4.31 Å². The highest BCUT2D eigenvalue weighted by Crippen LogP contribution is 2.23. The molecule has 0 aliphatic carbocycles. The minimum absolute atomic E-state index is 0.0273. The number of nitrogens with one attached hydrogen (secondary N) is 1. The summed E-state index contributed by atoms with van der Waals surface area (Å²) in [6.45, 7) is 0. The molecule has 0 spiro atoms. The second-order valence-corrected chi connectivity index (χ2v) is 7.91. The quantitative estimate of drug-likeness (QED) is 0.735. The van der Waals surface area contributed by atoms with Crippen molar-refractivity contribution in [3.63, 3.8) is 0 Å². The van der Waals surface area contributed by atoms with Crippen LogP contribution >= 0.6 is 0 Å². The molecule has 28 heavy (non-hydrogen) atoms. The van der Waals surface area contributed by atoms with Crippen LogP contribution in [-0.4, -0.2) is 39.1 Å². The Bertz CT molecular complexity index is 969. The number of carbonyl (C=O) groups excluding carboxylic acids is 1. The van der Waals surface area contributed by atoms with Crippen molar-refractivity contribution >= 4 is 27.7 Å². The van der Waals surface area contributed by atoms with E-state index in [0.29, 0.717) is 5.56 Å². The average Bonchev–Trinajstić information content (AvgIpc) is 2.60. The van der Waals surface area contributed by atoms with Gasteiger partial charge in [0.1, 0.15) is 5.75 Å². The predicted molar refractivity (Wildman–Crippen MR) is 98.1 cm³/mol. The summed E-state index contributed by atoms with van der Waals surface area (Å²) < 4.78 is 65.4. The topological polar surface area (TPSA) is 75.7 Å². The summed E-state index contributed by atoms with van der Waals surface area (Å²) in [6, 6.07) is 10.7. The fourth-order valence-corrected chi connectivity index (χ4v) is 3.03. The van der Waals surface area contributed by atoms with Crippen LogP contribution in [-0.2, 0) is 14.8 Å². The number of rotatable bonds is 6. The molecule has 0 bridgehead atoms. The Labute approximate surface area is 160 Å². The van der Waals surface area contributed by atoms with Gasteiger partial charge in [0, 0.05) is 25.9 Å². The lowest BCUT2D eigenvalue weighted by molar-refractivity contribution is -0.274. The highest BCUT2D eigenvalue weighted by Gasteiger charge is 2.30. The van der Waals surface area contributed by atoms with Gasteiger partial charge in [-0.15, -0.1) is 13.2 Å². The van der Waals surface area contributed by atoms with E-state index < -0.39 is 22.3 Å². The number of hydrogen-bond acceptors (Lipinski definition) is 4. The lowest BCUT2D eigenvalue weighted by Crippen LogP contribution is -2.22. The van der Waals surface area contributed by atoms with Gasteiger partial charge in [-0.05, 0) is 42.0 Å². The van der Waals surface area contributed by atoms with E-state index in [1.165, 1.54) is 62.6 Å². The van der Waals surface area contributed by atoms with Crippen molar-refractivity contribution in [1.29, 1.82) is 0 Å². The first-order valence-corrected chi connectivity index (χ1v) is 9.29. The Morgan fingerprint density at radius 3 is 2.32 bits per heavy atom. The number of ether oxygens (including phenoxy) is 1. The lowest BCUT2D eigenvalue weighted by atomic mass is 10.2. The summed E-state index contributed by atoms with van der Waals surface area (Å²) in [5.74, 6) is -0.900. The summed E-state index contributed by atoms with van der Waals surface area (Å²) in [5, 5.41) is 2.52. The van der Waals surface area contributed by atoms with E-state index in [0.717, 1.165) is 16.4 Å². The summed E-state index contributed by atoms with van der Waals surface area (Å²) in [6.07, 6.45) is -2.20. The maximum Gasteiger partial charge on any atom is 0.573 e. The molecule has 2 aromatic rings. The number of benzene rings is 2. The van der Waals surface area contributed by atoms with Crippen molar-refractivity contribution in [3.8, 4) is 5.75 Å². The molecule has 0 atom stereocenters. The number of halogens is 3. The molecule has 2 rings (SSSR count). The molecule has 0 aliphatic heterocycles. The van der Waals surface area contributed by atoms with Crippen molar-refractivity contribution in [3.05, 3.63) is 60.2 Å². The molecule has 6 nitrogen and oxygen atoms in total. The maximum atomic E-state index is 12.1. The van der Waals surface area contributed by atoms with Crippen molar-refractivity contribution in [2.45, 2.75) is 11.3 Å². The van der Waals surface area contributed by atoms with E-state index in [9.17, 15) is 26.4 Å².